The van der Waals surface area contributed by atoms with Gasteiger partial charge < -0.3 is 20.1 Å². The highest BCUT2D eigenvalue weighted by molar-refractivity contribution is 5.94. The number of urea groups is 1. The second-order valence-electron chi connectivity index (χ2n) is 7.61. The lowest BCUT2D eigenvalue weighted by atomic mass is 10.0. The molecule has 2 amide bonds. The van der Waals surface area contributed by atoms with Gasteiger partial charge in [0.05, 0.1) is 29.8 Å². The number of carbonyl (C=O) groups is 3. The minimum Gasteiger partial charge on any atom is -0.463 e. The molecule has 7 heteroatoms. The van der Waals surface area contributed by atoms with E-state index in [9.17, 15) is 14.4 Å². The third-order valence-electron chi connectivity index (χ3n) is 4.90. The third kappa shape index (κ3) is 4.08. The molecule has 1 saturated carbocycles. The van der Waals surface area contributed by atoms with Gasteiger partial charge in [0.25, 0.3) is 0 Å². The van der Waals surface area contributed by atoms with Crippen LogP contribution in [0.4, 0.5) is 4.79 Å². The van der Waals surface area contributed by atoms with Crippen molar-refractivity contribution in [3.05, 3.63) is 22.9 Å². The van der Waals surface area contributed by atoms with Gasteiger partial charge in [0.15, 0.2) is 0 Å². The molecule has 0 aromatic heterocycles. The number of ether oxygens (including phenoxy) is 2. The van der Waals surface area contributed by atoms with Crippen LogP contribution in [0.1, 0.15) is 41.5 Å². The van der Waals surface area contributed by atoms with Gasteiger partial charge in [0.2, 0.25) is 0 Å². The first-order chi connectivity index (χ1) is 12.1. The van der Waals surface area contributed by atoms with Crippen molar-refractivity contribution >= 4 is 18.0 Å². The number of rotatable bonds is 6. The average molecular weight is 364 g/mol. The number of esters is 2. The first-order valence-corrected chi connectivity index (χ1v) is 8.88. The Kier molecular flexibility index (Phi) is 5.78. The highest BCUT2D eigenvalue weighted by Gasteiger charge is 2.61. The number of allylic oxidation sites excluding steroid dienone is 2. The van der Waals surface area contributed by atoms with Crippen molar-refractivity contribution in [2.45, 2.75) is 47.6 Å². The molecule has 2 aliphatic rings. The molecule has 3 atom stereocenters. The van der Waals surface area contributed by atoms with Crippen molar-refractivity contribution in [3.8, 4) is 0 Å². The summed E-state index contributed by atoms with van der Waals surface area (Å²) < 4.78 is 10.5. The van der Waals surface area contributed by atoms with Crippen molar-refractivity contribution in [1.82, 2.24) is 10.6 Å². The van der Waals surface area contributed by atoms with E-state index in [1.807, 2.05) is 27.7 Å². The summed E-state index contributed by atoms with van der Waals surface area (Å²) in [6.45, 7) is 11.5. The molecule has 1 heterocycles. The van der Waals surface area contributed by atoms with E-state index in [4.69, 9.17) is 9.47 Å². The fraction of sp³-hybridized carbons (Fsp3) is 0.632. The van der Waals surface area contributed by atoms with Gasteiger partial charge in [-0.2, -0.15) is 0 Å². The van der Waals surface area contributed by atoms with Crippen LogP contribution in [0.5, 0.6) is 0 Å². The predicted molar refractivity (Wildman–Crippen MR) is 95.9 cm³/mol. The largest absolute Gasteiger partial charge is 0.463 e. The van der Waals surface area contributed by atoms with Gasteiger partial charge in [-0.1, -0.05) is 25.5 Å². The zero-order valence-corrected chi connectivity index (χ0v) is 16.3. The van der Waals surface area contributed by atoms with E-state index in [1.165, 1.54) is 0 Å². The predicted octanol–water partition coefficient (Wildman–Crippen LogP) is 2.29. The van der Waals surface area contributed by atoms with Crippen molar-refractivity contribution in [1.29, 1.82) is 0 Å². The summed E-state index contributed by atoms with van der Waals surface area (Å²) in [5.74, 6) is -0.944. The van der Waals surface area contributed by atoms with Crippen LogP contribution in [0.3, 0.4) is 0 Å². The molecule has 1 aliphatic heterocycles. The van der Waals surface area contributed by atoms with Crippen LogP contribution < -0.4 is 10.6 Å². The van der Waals surface area contributed by atoms with Crippen molar-refractivity contribution in [2.24, 2.45) is 17.3 Å². The Morgan fingerprint density at radius 3 is 2.46 bits per heavy atom. The van der Waals surface area contributed by atoms with Crippen LogP contribution in [0, 0.1) is 17.3 Å². The molecule has 2 rings (SSSR count). The van der Waals surface area contributed by atoms with Crippen LogP contribution in [0.15, 0.2) is 22.9 Å². The van der Waals surface area contributed by atoms with E-state index >= 15 is 0 Å². The molecule has 26 heavy (non-hydrogen) atoms. The van der Waals surface area contributed by atoms with E-state index < -0.39 is 18.0 Å². The zero-order chi connectivity index (χ0) is 19.6. The molecule has 0 aromatic rings. The first-order valence-electron chi connectivity index (χ1n) is 8.88. The van der Waals surface area contributed by atoms with Crippen molar-refractivity contribution in [3.63, 3.8) is 0 Å². The van der Waals surface area contributed by atoms with Gasteiger partial charge in [-0.25, -0.2) is 9.59 Å². The molecule has 0 unspecified atom stereocenters. The van der Waals surface area contributed by atoms with Gasteiger partial charge in [0, 0.05) is 0 Å². The molecular formula is C19H28N2O5. The standard InChI is InChI=1S/C19H28N2O5/c1-7-25-16(22)14-11(4)20-18(24)21-13(14)9-26-17(23)15-12(8-10(2)3)19(15,5)6/h8,11-12,15H,7,9H2,1-6H3,(H2,20,21,24)/t11-,12+,15+/m1/s1. The normalized spacial score (nSPS) is 26.4. The molecule has 1 fully saturated rings. The molecular weight excluding hydrogens is 336 g/mol. The lowest BCUT2D eigenvalue weighted by Crippen LogP contribution is -2.50. The maximum atomic E-state index is 12.5. The van der Waals surface area contributed by atoms with Crippen LogP contribution in [0.2, 0.25) is 0 Å². The maximum absolute atomic E-state index is 12.5. The smallest absolute Gasteiger partial charge is 0.338 e. The molecule has 7 nitrogen and oxygen atoms in total. The minimum absolute atomic E-state index is 0.139. The second-order valence-corrected chi connectivity index (χ2v) is 7.61. The zero-order valence-electron chi connectivity index (χ0n) is 16.3. The van der Waals surface area contributed by atoms with Crippen LogP contribution >= 0.6 is 0 Å². The molecule has 0 radical (unpaired) electrons. The van der Waals surface area contributed by atoms with E-state index in [1.54, 1.807) is 13.8 Å². The molecule has 144 valence electrons. The molecule has 0 aromatic carbocycles. The second kappa shape index (κ2) is 7.51. The Labute approximate surface area is 154 Å². The van der Waals surface area contributed by atoms with Gasteiger partial charge in [-0.15, -0.1) is 0 Å². The minimum atomic E-state index is -0.535. The highest BCUT2D eigenvalue weighted by atomic mass is 16.5. The fourth-order valence-electron chi connectivity index (χ4n) is 3.42. The first kappa shape index (κ1) is 20.0. The lowest BCUT2D eigenvalue weighted by Gasteiger charge is -2.26. The highest BCUT2D eigenvalue weighted by Crippen LogP contribution is 2.59. The topological polar surface area (TPSA) is 93.7 Å². The van der Waals surface area contributed by atoms with E-state index in [0.29, 0.717) is 0 Å². The van der Waals surface area contributed by atoms with Crippen molar-refractivity contribution < 1.29 is 23.9 Å². The Balaban J connectivity index is 2.11. The number of hydrogen-bond donors (Lipinski definition) is 2. The molecule has 1 aliphatic carbocycles. The Bertz CT molecular complexity index is 673. The summed E-state index contributed by atoms with van der Waals surface area (Å²) in [4.78, 5) is 36.4. The average Bonchev–Trinajstić information content (AvgIpc) is 3.04. The summed E-state index contributed by atoms with van der Waals surface area (Å²) in [7, 11) is 0. The summed E-state index contributed by atoms with van der Waals surface area (Å²) in [6.07, 6.45) is 2.09. The lowest BCUT2D eigenvalue weighted by molar-refractivity contribution is -0.146. The van der Waals surface area contributed by atoms with Gasteiger partial charge in [-0.05, 0) is 39.0 Å². The fourth-order valence-corrected chi connectivity index (χ4v) is 3.42. The van der Waals surface area contributed by atoms with E-state index in [0.717, 1.165) is 5.57 Å². The Morgan fingerprint density at radius 1 is 1.23 bits per heavy atom. The summed E-state index contributed by atoms with van der Waals surface area (Å²) in [6, 6.07) is -0.960. The van der Waals surface area contributed by atoms with Crippen molar-refractivity contribution in [2.75, 3.05) is 13.2 Å². The van der Waals surface area contributed by atoms with E-state index in [2.05, 4.69) is 16.7 Å². The molecule has 2 N–H and O–H groups in total. The quantitative estimate of drug-likeness (QED) is 0.557. The summed E-state index contributed by atoms with van der Waals surface area (Å²) in [5, 5.41) is 5.16. The third-order valence-corrected chi connectivity index (χ3v) is 4.90. The SMILES string of the molecule is CCOC(=O)C1=C(COC(=O)[C@@H]2[C@H](C=C(C)C)C2(C)C)NC(=O)N[C@@H]1C. The number of hydrogen-bond acceptors (Lipinski definition) is 5. The maximum Gasteiger partial charge on any atom is 0.338 e. The molecule has 0 spiro atoms. The molecule has 0 saturated heterocycles. The number of carbonyl (C=O) groups excluding carboxylic acids is 3. The van der Waals surface area contributed by atoms with Crippen LogP contribution in [-0.4, -0.2) is 37.2 Å². The van der Waals surface area contributed by atoms with Gasteiger partial charge >= 0.3 is 18.0 Å². The number of amides is 2. The van der Waals surface area contributed by atoms with Crippen LogP contribution in [-0.2, 0) is 19.1 Å². The summed E-state index contributed by atoms with van der Waals surface area (Å²) in [5.41, 5.74) is 1.54. The van der Waals surface area contributed by atoms with Gasteiger partial charge in [0.1, 0.15) is 6.61 Å². The number of nitrogens with one attached hydrogen (secondary N) is 2. The van der Waals surface area contributed by atoms with Crippen LogP contribution in [0.25, 0.3) is 0 Å². The molecule has 0 bridgehead atoms. The summed E-state index contributed by atoms with van der Waals surface area (Å²) >= 11 is 0. The monoisotopic (exact) mass is 364 g/mol. The Morgan fingerprint density at radius 2 is 1.88 bits per heavy atom. The Hall–Kier alpha value is -2.31. The van der Waals surface area contributed by atoms with Gasteiger partial charge in [-0.3, -0.25) is 4.79 Å². The van der Waals surface area contributed by atoms with E-state index in [-0.39, 0.29) is 47.7 Å².